The predicted octanol–water partition coefficient (Wildman–Crippen LogP) is 2.96. The Hall–Kier alpha value is -0.0800. The van der Waals surface area contributed by atoms with E-state index >= 15 is 0 Å². The van der Waals surface area contributed by atoms with Gasteiger partial charge >= 0.3 is 0 Å². The van der Waals surface area contributed by atoms with E-state index in [0.717, 1.165) is 19.6 Å². The number of ether oxygens (including phenoxy) is 1. The minimum Gasteiger partial charge on any atom is -0.384 e. The fourth-order valence-electron chi connectivity index (χ4n) is 1.89. The van der Waals surface area contributed by atoms with Gasteiger partial charge in [0.2, 0.25) is 0 Å². The molecule has 2 N–H and O–H groups in total. The van der Waals surface area contributed by atoms with Gasteiger partial charge in [-0.25, -0.2) is 0 Å². The lowest BCUT2D eigenvalue weighted by Gasteiger charge is -2.30. The molecule has 0 fully saturated rings. The zero-order valence-electron chi connectivity index (χ0n) is 10.1. The summed E-state index contributed by atoms with van der Waals surface area (Å²) >= 11 is 0. The lowest BCUT2D eigenvalue weighted by molar-refractivity contribution is 0.0725. The molecule has 0 bridgehead atoms. The summed E-state index contributed by atoms with van der Waals surface area (Å²) in [5.41, 5.74) is 6.08. The zero-order valence-corrected chi connectivity index (χ0v) is 10.1. The van der Waals surface area contributed by atoms with Crippen LogP contribution in [-0.2, 0) is 4.74 Å². The Labute approximate surface area is 89.2 Å². The van der Waals surface area contributed by atoms with Gasteiger partial charge in [0.1, 0.15) is 0 Å². The molecule has 2 nitrogen and oxygen atoms in total. The van der Waals surface area contributed by atoms with E-state index in [2.05, 4.69) is 13.8 Å². The summed E-state index contributed by atoms with van der Waals surface area (Å²) < 4.78 is 5.27. The van der Waals surface area contributed by atoms with Crippen LogP contribution >= 0.6 is 0 Å². The van der Waals surface area contributed by atoms with Crippen molar-refractivity contribution in [2.24, 2.45) is 11.1 Å². The first-order chi connectivity index (χ1) is 6.74. The van der Waals surface area contributed by atoms with E-state index in [9.17, 15) is 0 Å². The summed E-state index contributed by atoms with van der Waals surface area (Å²) in [4.78, 5) is 0. The lowest BCUT2D eigenvalue weighted by Crippen LogP contribution is -2.34. The smallest absolute Gasteiger partial charge is 0.0530 e. The second-order valence-corrected chi connectivity index (χ2v) is 4.30. The molecule has 0 amide bonds. The Morgan fingerprint density at radius 2 is 1.86 bits per heavy atom. The van der Waals surface area contributed by atoms with Gasteiger partial charge in [-0.1, -0.05) is 39.5 Å². The average molecular weight is 201 g/mol. The third kappa shape index (κ3) is 4.97. The van der Waals surface area contributed by atoms with Crippen molar-refractivity contribution in [2.75, 3.05) is 20.3 Å². The van der Waals surface area contributed by atoms with Gasteiger partial charge in [-0.05, 0) is 12.8 Å². The fraction of sp³-hybridized carbons (Fsp3) is 1.00. The Kier molecular flexibility index (Phi) is 8.20. The molecular formula is C12H27NO. The summed E-state index contributed by atoms with van der Waals surface area (Å²) in [5, 5.41) is 0. The molecule has 0 saturated heterocycles. The number of nitrogens with two attached hydrogens (primary N) is 1. The van der Waals surface area contributed by atoms with Gasteiger partial charge in [-0.15, -0.1) is 0 Å². The van der Waals surface area contributed by atoms with Crippen LogP contribution in [0.3, 0.4) is 0 Å². The maximum atomic E-state index is 5.84. The number of unbranched alkanes of at least 4 members (excludes halogenated alkanes) is 3. The summed E-state index contributed by atoms with van der Waals surface area (Å²) in [6.45, 7) is 6.02. The normalized spacial score (nSPS) is 15.4. The van der Waals surface area contributed by atoms with Gasteiger partial charge in [0.05, 0.1) is 6.61 Å². The molecule has 0 aliphatic carbocycles. The Bertz CT molecular complexity index is 121. The van der Waals surface area contributed by atoms with Crippen LogP contribution < -0.4 is 5.73 Å². The number of methoxy groups -OCH3 is 1. The minimum atomic E-state index is 0.239. The Balaban J connectivity index is 3.82. The molecule has 1 unspecified atom stereocenters. The molecule has 0 aromatic carbocycles. The van der Waals surface area contributed by atoms with Crippen molar-refractivity contribution in [1.29, 1.82) is 0 Å². The summed E-state index contributed by atoms with van der Waals surface area (Å²) in [6, 6.07) is 0. The highest BCUT2D eigenvalue weighted by atomic mass is 16.5. The lowest BCUT2D eigenvalue weighted by atomic mass is 9.81. The van der Waals surface area contributed by atoms with Crippen molar-refractivity contribution in [2.45, 2.75) is 52.4 Å². The molecule has 0 rings (SSSR count). The molecule has 1 atom stereocenters. The van der Waals surface area contributed by atoms with Crippen LogP contribution in [0.5, 0.6) is 0 Å². The van der Waals surface area contributed by atoms with Crippen LogP contribution in [0.2, 0.25) is 0 Å². The van der Waals surface area contributed by atoms with Crippen molar-refractivity contribution in [3.8, 4) is 0 Å². The van der Waals surface area contributed by atoms with E-state index in [1.54, 1.807) is 7.11 Å². The molecule has 0 aromatic rings. The van der Waals surface area contributed by atoms with Crippen LogP contribution in [0.25, 0.3) is 0 Å². The second-order valence-electron chi connectivity index (χ2n) is 4.30. The van der Waals surface area contributed by atoms with Crippen molar-refractivity contribution < 1.29 is 4.74 Å². The highest BCUT2D eigenvalue weighted by Crippen LogP contribution is 2.28. The minimum absolute atomic E-state index is 0.239. The van der Waals surface area contributed by atoms with Crippen molar-refractivity contribution in [3.63, 3.8) is 0 Å². The van der Waals surface area contributed by atoms with Crippen molar-refractivity contribution in [1.82, 2.24) is 0 Å². The Morgan fingerprint density at radius 1 is 1.14 bits per heavy atom. The molecule has 0 aliphatic heterocycles. The third-order valence-corrected chi connectivity index (χ3v) is 3.19. The highest BCUT2D eigenvalue weighted by molar-refractivity contribution is 4.78. The van der Waals surface area contributed by atoms with Gasteiger partial charge in [0.15, 0.2) is 0 Å². The fourth-order valence-corrected chi connectivity index (χ4v) is 1.89. The van der Waals surface area contributed by atoms with E-state index in [4.69, 9.17) is 10.5 Å². The molecule has 14 heavy (non-hydrogen) atoms. The number of hydrogen-bond donors (Lipinski definition) is 1. The maximum Gasteiger partial charge on any atom is 0.0530 e. The first-order valence-electron chi connectivity index (χ1n) is 5.93. The summed E-state index contributed by atoms with van der Waals surface area (Å²) in [7, 11) is 1.77. The highest BCUT2D eigenvalue weighted by Gasteiger charge is 2.25. The summed E-state index contributed by atoms with van der Waals surface area (Å²) in [6.07, 6.45) is 7.62. The van der Waals surface area contributed by atoms with Crippen molar-refractivity contribution >= 4 is 0 Å². The van der Waals surface area contributed by atoms with Crippen LogP contribution in [0.15, 0.2) is 0 Å². The zero-order chi connectivity index (χ0) is 10.9. The maximum absolute atomic E-state index is 5.84. The van der Waals surface area contributed by atoms with Gasteiger partial charge in [-0.2, -0.15) is 0 Å². The molecule has 0 aromatic heterocycles. The van der Waals surface area contributed by atoms with E-state index in [1.165, 1.54) is 32.1 Å². The predicted molar refractivity (Wildman–Crippen MR) is 62.4 cm³/mol. The van der Waals surface area contributed by atoms with E-state index in [0.29, 0.717) is 0 Å². The Morgan fingerprint density at radius 3 is 2.29 bits per heavy atom. The molecule has 0 radical (unpaired) electrons. The monoisotopic (exact) mass is 201 g/mol. The quantitative estimate of drug-likeness (QED) is 0.582. The molecule has 0 aliphatic rings. The van der Waals surface area contributed by atoms with Crippen LogP contribution in [0, 0.1) is 5.41 Å². The molecule has 0 spiro atoms. The summed E-state index contributed by atoms with van der Waals surface area (Å²) in [5.74, 6) is 0. The number of hydrogen-bond acceptors (Lipinski definition) is 2. The first-order valence-corrected chi connectivity index (χ1v) is 5.93. The largest absolute Gasteiger partial charge is 0.384 e. The molecule has 0 heterocycles. The van der Waals surface area contributed by atoms with Crippen molar-refractivity contribution in [3.05, 3.63) is 0 Å². The van der Waals surface area contributed by atoms with Gasteiger partial charge in [0.25, 0.3) is 0 Å². The van der Waals surface area contributed by atoms with E-state index < -0.39 is 0 Å². The van der Waals surface area contributed by atoms with Crippen LogP contribution in [0.1, 0.15) is 52.4 Å². The standard InChI is InChI=1S/C12H27NO/c1-4-6-7-8-9-12(5-2,10-13)11-14-3/h4-11,13H2,1-3H3. The average Bonchev–Trinajstić information content (AvgIpc) is 2.23. The molecule has 2 heteroatoms. The first kappa shape index (κ1) is 13.9. The molecular weight excluding hydrogens is 174 g/mol. The van der Waals surface area contributed by atoms with E-state index in [-0.39, 0.29) is 5.41 Å². The van der Waals surface area contributed by atoms with Gasteiger partial charge < -0.3 is 10.5 Å². The molecule has 86 valence electrons. The second kappa shape index (κ2) is 8.25. The third-order valence-electron chi connectivity index (χ3n) is 3.19. The molecule has 0 saturated carbocycles. The van der Waals surface area contributed by atoms with Gasteiger partial charge in [0, 0.05) is 19.1 Å². The topological polar surface area (TPSA) is 35.2 Å². The number of rotatable bonds is 9. The van der Waals surface area contributed by atoms with Crippen LogP contribution in [-0.4, -0.2) is 20.3 Å². The SMILES string of the molecule is CCCCCCC(CC)(CN)COC. The van der Waals surface area contributed by atoms with Gasteiger partial charge in [-0.3, -0.25) is 0 Å². The van der Waals surface area contributed by atoms with Crippen LogP contribution in [0.4, 0.5) is 0 Å². The van der Waals surface area contributed by atoms with E-state index in [1.807, 2.05) is 0 Å².